The number of rotatable bonds is 6. The molecule has 1 fully saturated rings. The van der Waals surface area contributed by atoms with Crippen molar-refractivity contribution in [2.24, 2.45) is 0 Å². The van der Waals surface area contributed by atoms with Crippen LogP contribution in [0.5, 0.6) is 0 Å². The Kier molecular flexibility index (Phi) is 6.11. The summed E-state index contributed by atoms with van der Waals surface area (Å²) in [6.45, 7) is 4.03. The molecule has 0 spiro atoms. The number of nitrogens with one attached hydrogen (secondary N) is 1. The van der Waals surface area contributed by atoms with Crippen LogP contribution in [0, 0.1) is 0 Å². The fourth-order valence-corrected chi connectivity index (χ4v) is 3.41. The maximum Gasteiger partial charge on any atom is 0.311 e. The summed E-state index contributed by atoms with van der Waals surface area (Å²) in [5.74, 6) is 0.0850. The van der Waals surface area contributed by atoms with Gasteiger partial charge in [-0.1, -0.05) is 0 Å². The van der Waals surface area contributed by atoms with Crippen molar-refractivity contribution in [3.8, 4) is 0 Å². The summed E-state index contributed by atoms with van der Waals surface area (Å²) in [6.07, 6.45) is 3.64. The minimum Gasteiger partial charge on any atom is -0.466 e. The van der Waals surface area contributed by atoms with Gasteiger partial charge in [0.25, 0.3) is 5.91 Å². The Morgan fingerprint density at radius 2 is 2.04 bits per heavy atom. The van der Waals surface area contributed by atoms with Crippen LogP contribution in [0.25, 0.3) is 0 Å². The number of ether oxygens (including phenoxy) is 1. The van der Waals surface area contributed by atoms with Crippen molar-refractivity contribution in [2.75, 3.05) is 29.9 Å². The fraction of sp³-hybridized carbons (Fsp3) is 0.471. The highest BCUT2D eigenvalue weighted by molar-refractivity contribution is 7.14. The predicted octanol–water partition coefficient (Wildman–Crippen LogP) is 2.28. The van der Waals surface area contributed by atoms with E-state index in [9.17, 15) is 9.59 Å². The maximum absolute atomic E-state index is 12.3. The number of thiazole rings is 1. The van der Waals surface area contributed by atoms with Gasteiger partial charge in [-0.05, 0) is 38.3 Å². The number of esters is 1. The van der Waals surface area contributed by atoms with Gasteiger partial charge in [0.1, 0.15) is 0 Å². The van der Waals surface area contributed by atoms with E-state index in [0.717, 1.165) is 31.7 Å². The van der Waals surface area contributed by atoms with Crippen LogP contribution in [0.2, 0.25) is 0 Å². The van der Waals surface area contributed by atoms with Crippen LogP contribution >= 0.6 is 11.3 Å². The van der Waals surface area contributed by atoms with E-state index < -0.39 is 0 Å². The van der Waals surface area contributed by atoms with E-state index in [-0.39, 0.29) is 24.0 Å². The fourth-order valence-electron chi connectivity index (χ4n) is 2.70. The summed E-state index contributed by atoms with van der Waals surface area (Å²) in [5, 5.41) is 13.0. The first-order valence-electron chi connectivity index (χ1n) is 8.65. The largest absolute Gasteiger partial charge is 0.466 e. The van der Waals surface area contributed by atoms with Crippen LogP contribution < -0.4 is 10.2 Å². The van der Waals surface area contributed by atoms with E-state index in [0.29, 0.717) is 17.4 Å². The molecule has 0 unspecified atom stereocenters. The Morgan fingerprint density at radius 1 is 1.23 bits per heavy atom. The number of piperidine rings is 1. The summed E-state index contributed by atoms with van der Waals surface area (Å²) in [6, 6.07) is 3.49. The minimum absolute atomic E-state index is 0.0878. The molecule has 1 saturated heterocycles. The second kappa shape index (κ2) is 8.70. The highest BCUT2D eigenvalue weighted by Gasteiger charge is 2.16. The lowest BCUT2D eigenvalue weighted by atomic mass is 10.1. The third-order valence-electron chi connectivity index (χ3n) is 3.97. The molecule has 2 aromatic heterocycles. The summed E-state index contributed by atoms with van der Waals surface area (Å²) in [4.78, 5) is 30.1. The molecule has 0 aliphatic carbocycles. The molecule has 9 heteroatoms. The number of hydrogen-bond acceptors (Lipinski definition) is 8. The third kappa shape index (κ3) is 4.75. The molecule has 0 aromatic carbocycles. The molecular weight excluding hydrogens is 354 g/mol. The minimum atomic E-state index is -0.375. The van der Waals surface area contributed by atoms with E-state index in [4.69, 9.17) is 4.74 Å². The monoisotopic (exact) mass is 375 g/mol. The number of hydrogen-bond donors (Lipinski definition) is 1. The number of carbonyl (C=O) groups is 2. The van der Waals surface area contributed by atoms with Gasteiger partial charge in [-0.15, -0.1) is 21.5 Å². The van der Waals surface area contributed by atoms with Crippen LogP contribution in [0.1, 0.15) is 42.4 Å². The summed E-state index contributed by atoms with van der Waals surface area (Å²) < 4.78 is 4.88. The zero-order valence-corrected chi connectivity index (χ0v) is 15.4. The van der Waals surface area contributed by atoms with Gasteiger partial charge in [0.2, 0.25) is 0 Å². The smallest absolute Gasteiger partial charge is 0.311 e. The highest BCUT2D eigenvalue weighted by atomic mass is 32.1. The normalized spacial score (nSPS) is 14.1. The van der Waals surface area contributed by atoms with Crippen molar-refractivity contribution in [2.45, 2.75) is 32.6 Å². The van der Waals surface area contributed by atoms with Crippen molar-refractivity contribution in [1.29, 1.82) is 0 Å². The Bertz CT molecular complexity index is 756. The quantitative estimate of drug-likeness (QED) is 0.774. The molecule has 1 amide bonds. The molecule has 3 rings (SSSR count). The number of nitrogens with zero attached hydrogens (tertiary/aromatic N) is 4. The summed E-state index contributed by atoms with van der Waals surface area (Å²) >= 11 is 1.25. The molecule has 0 bridgehead atoms. The molecule has 26 heavy (non-hydrogen) atoms. The van der Waals surface area contributed by atoms with Gasteiger partial charge < -0.3 is 9.64 Å². The second-order valence-electron chi connectivity index (χ2n) is 5.90. The van der Waals surface area contributed by atoms with Gasteiger partial charge in [0, 0.05) is 18.5 Å². The molecule has 8 nitrogen and oxygen atoms in total. The molecule has 0 radical (unpaired) electrons. The Hall–Kier alpha value is -2.55. The van der Waals surface area contributed by atoms with Gasteiger partial charge in [0.15, 0.2) is 16.6 Å². The number of aromatic nitrogens is 3. The van der Waals surface area contributed by atoms with Crippen molar-refractivity contribution < 1.29 is 14.3 Å². The van der Waals surface area contributed by atoms with Gasteiger partial charge in [0.05, 0.1) is 18.7 Å². The lowest BCUT2D eigenvalue weighted by Gasteiger charge is -2.27. The maximum atomic E-state index is 12.3. The first kappa shape index (κ1) is 18.2. The Labute approximate surface area is 155 Å². The Morgan fingerprint density at radius 3 is 2.73 bits per heavy atom. The molecule has 0 saturated carbocycles. The zero-order valence-electron chi connectivity index (χ0n) is 14.6. The van der Waals surface area contributed by atoms with Crippen molar-refractivity contribution in [3.05, 3.63) is 28.9 Å². The number of anilines is 2. The zero-order chi connectivity index (χ0) is 18.4. The summed E-state index contributed by atoms with van der Waals surface area (Å²) in [5.41, 5.74) is 0.795. The highest BCUT2D eigenvalue weighted by Crippen LogP contribution is 2.19. The average molecular weight is 375 g/mol. The van der Waals surface area contributed by atoms with E-state index >= 15 is 0 Å². The van der Waals surface area contributed by atoms with E-state index in [1.165, 1.54) is 17.8 Å². The van der Waals surface area contributed by atoms with Crippen molar-refractivity contribution >= 4 is 34.2 Å². The van der Waals surface area contributed by atoms with Gasteiger partial charge >= 0.3 is 5.97 Å². The topological polar surface area (TPSA) is 97.3 Å². The van der Waals surface area contributed by atoms with Crippen molar-refractivity contribution in [1.82, 2.24) is 15.2 Å². The second-order valence-corrected chi connectivity index (χ2v) is 6.76. The van der Waals surface area contributed by atoms with Crippen LogP contribution in [0.3, 0.4) is 0 Å². The van der Waals surface area contributed by atoms with Crippen LogP contribution in [-0.2, 0) is 16.0 Å². The number of carbonyl (C=O) groups excluding carboxylic acids is 2. The van der Waals surface area contributed by atoms with Crippen LogP contribution in [0.4, 0.5) is 10.9 Å². The molecule has 3 heterocycles. The standard InChI is InChI=1S/C17H21N5O3S/c1-2-25-15(23)10-12-11-26-17(18-12)19-16(24)13-6-7-14(21-20-13)22-8-4-3-5-9-22/h6-7,11H,2-5,8-10H2,1H3,(H,18,19,24). The van der Waals surface area contributed by atoms with E-state index in [1.807, 2.05) is 6.07 Å². The number of amides is 1. The van der Waals surface area contributed by atoms with E-state index in [2.05, 4.69) is 25.4 Å². The first-order valence-corrected chi connectivity index (χ1v) is 9.53. The van der Waals surface area contributed by atoms with Gasteiger partial charge in [-0.25, -0.2) is 4.98 Å². The lowest BCUT2D eigenvalue weighted by molar-refractivity contribution is -0.142. The molecule has 0 atom stereocenters. The molecule has 138 valence electrons. The van der Waals surface area contributed by atoms with E-state index in [1.54, 1.807) is 18.4 Å². The molecule has 2 aromatic rings. The predicted molar refractivity (Wildman–Crippen MR) is 98.5 cm³/mol. The Balaban J connectivity index is 1.57. The lowest BCUT2D eigenvalue weighted by Crippen LogP contribution is -2.30. The molecule has 1 aliphatic rings. The summed E-state index contributed by atoms with van der Waals surface area (Å²) in [7, 11) is 0. The van der Waals surface area contributed by atoms with Gasteiger partial charge in [-0.3, -0.25) is 14.9 Å². The van der Waals surface area contributed by atoms with Crippen molar-refractivity contribution in [3.63, 3.8) is 0 Å². The van der Waals surface area contributed by atoms with Crippen LogP contribution in [0.15, 0.2) is 17.5 Å². The molecule has 1 aliphatic heterocycles. The first-order chi connectivity index (χ1) is 12.7. The third-order valence-corrected chi connectivity index (χ3v) is 4.77. The average Bonchev–Trinajstić information content (AvgIpc) is 3.09. The molecule has 1 N–H and O–H groups in total. The SMILES string of the molecule is CCOC(=O)Cc1csc(NC(=O)c2ccc(N3CCCCC3)nn2)n1. The van der Waals surface area contributed by atoms with Gasteiger partial charge in [-0.2, -0.15) is 0 Å². The molecular formula is C17H21N5O3S. The van der Waals surface area contributed by atoms with Crippen LogP contribution in [-0.4, -0.2) is 46.8 Å².